The predicted octanol–water partition coefficient (Wildman–Crippen LogP) is 3.93. The van der Waals surface area contributed by atoms with E-state index in [-0.39, 0.29) is 12.3 Å². The second-order valence-electron chi connectivity index (χ2n) is 8.42. The fraction of sp³-hybridized carbons (Fsp3) is 0.417. The molecule has 1 heterocycles. The van der Waals surface area contributed by atoms with E-state index in [1.54, 1.807) is 11.6 Å². The van der Waals surface area contributed by atoms with Crippen molar-refractivity contribution in [2.75, 3.05) is 13.6 Å². The van der Waals surface area contributed by atoms with Gasteiger partial charge in [0.2, 0.25) is 5.91 Å². The molecule has 0 radical (unpaired) electrons. The minimum Gasteiger partial charge on any atom is -0.354 e. The molecule has 1 aliphatic carbocycles. The highest BCUT2D eigenvalue weighted by Gasteiger charge is 2.44. The van der Waals surface area contributed by atoms with Gasteiger partial charge in [0.05, 0.1) is 23.3 Å². The topological polar surface area (TPSA) is 94.0 Å². The molecule has 31 heavy (non-hydrogen) atoms. The molecule has 2 aromatic rings. The summed E-state index contributed by atoms with van der Waals surface area (Å²) in [5.74, 6) is 0.275. The maximum Gasteiger partial charge on any atom is 0.230 e. The van der Waals surface area contributed by atoms with E-state index in [0.29, 0.717) is 22.9 Å². The van der Waals surface area contributed by atoms with Gasteiger partial charge in [-0.25, -0.2) is 0 Å². The van der Waals surface area contributed by atoms with Crippen LogP contribution < -0.4 is 10.8 Å². The molecule has 2 N–H and O–H groups in total. The van der Waals surface area contributed by atoms with Gasteiger partial charge in [0, 0.05) is 30.4 Å². The van der Waals surface area contributed by atoms with E-state index in [9.17, 15) is 4.79 Å². The van der Waals surface area contributed by atoms with Crippen LogP contribution in [0.4, 0.5) is 0 Å². The lowest BCUT2D eigenvalue weighted by Gasteiger charge is -2.43. The highest BCUT2D eigenvalue weighted by Crippen LogP contribution is 2.45. The van der Waals surface area contributed by atoms with E-state index >= 15 is 0 Å². The number of hydrogen-bond donors (Lipinski definition) is 2. The fourth-order valence-electron chi connectivity index (χ4n) is 4.16. The van der Waals surface area contributed by atoms with Crippen LogP contribution in [-0.2, 0) is 15.6 Å². The average Bonchev–Trinajstić information content (AvgIpc) is 2.73. The molecule has 1 saturated carbocycles. The maximum absolute atomic E-state index is 12.9. The Hall–Kier alpha value is -2.91. The van der Waals surface area contributed by atoms with E-state index in [4.69, 9.17) is 22.3 Å². The van der Waals surface area contributed by atoms with Crippen molar-refractivity contribution in [3.05, 3.63) is 64.2 Å². The van der Waals surface area contributed by atoms with Gasteiger partial charge in [-0.15, -0.1) is 0 Å². The molecule has 7 heteroatoms. The molecule has 0 aliphatic heterocycles. The Morgan fingerprint density at radius 2 is 2.00 bits per heavy atom. The summed E-state index contributed by atoms with van der Waals surface area (Å²) in [5.41, 5.74) is 1.13. The largest absolute Gasteiger partial charge is 0.354 e. The molecule has 1 aromatic carbocycles. The Morgan fingerprint density at radius 1 is 1.32 bits per heavy atom. The van der Waals surface area contributed by atoms with Gasteiger partial charge in [0.1, 0.15) is 11.3 Å². The summed E-state index contributed by atoms with van der Waals surface area (Å²) in [5, 5.41) is 21.4. The molecule has 162 valence electrons. The zero-order chi connectivity index (χ0) is 22.6. The number of amides is 1. The van der Waals surface area contributed by atoms with Gasteiger partial charge < -0.3 is 5.32 Å². The van der Waals surface area contributed by atoms with Crippen LogP contribution >= 0.6 is 11.6 Å². The third kappa shape index (κ3) is 4.15. The highest BCUT2D eigenvalue weighted by molar-refractivity contribution is 6.30. The monoisotopic (exact) mass is 437 g/mol. The molecule has 0 unspecified atom stereocenters. The molecule has 6 nitrogen and oxygen atoms in total. The molecule has 1 aromatic heterocycles. The number of nitrogens with one attached hydrogen (secondary N) is 2. The van der Waals surface area contributed by atoms with Gasteiger partial charge in [0.25, 0.3) is 0 Å². The van der Waals surface area contributed by atoms with E-state index in [1.165, 1.54) is 0 Å². The molecule has 0 atom stereocenters. The summed E-state index contributed by atoms with van der Waals surface area (Å²) >= 11 is 6.08. The van der Waals surface area contributed by atoms with E-state index in [1.807, 2.05) is 62.5 Å². The average molecular weight is 438 g/mol. The smallest absolute Gasteiger partial charge is 0.230 e. The van der Waals surface area contributed by atoms with Crippen LogP contribution in [0.15, 0.2) is 47.6 Å². The standard InChI is InChI=1S/C24H28ClN5O/c1-23(2,22(31)29-15-6-14-26)19-7-4-16-30(20(19)28-3)21(27)24(12-5-13-24)17-8-10-18(25)11-9-17/h4,7-11,16,27H,5-6,12-13,15H2,1-3H3,(H,29,31)/b27-21?,28-20-. The summed E-state index contributed by atoms with van der Waals surface area (Å²) in [7, 11) is 1.68. The normalized spacial score (nSPS) is 15.6. The first-order chi connectivity index (χ1) is 14.8. The maximum atomic E-state index is 12.9. The van der Waals surface area contributed by atoms with Crippen LogP contribution in [0.1, 0.15) is 50.7 Å². The Labute approximate surface area is 188 Å². The molecule has 0 bridgehead atoms. The zero-order valence-electron chi connectivity index (χ0n) is 18.2. The number of pyridine rings is 1. The SMILES string of the molecule is C/N=c1/c(C(C)(C)C(=O)NCCC#N)cccn1C(=N)C1(c2ccc(Cl)cc2)CCC1. The Kier molecular flexibility index (Phi) is 6.66. The quantitative estimate of drug-likeness (QED) is 0.407. The summed E-state index contributed by atoms with van der Waals surface area (Å²) in [6.45, 7) is 3.98. The lowest BCUT2D eigenvalue weighted by Crippen LogP contribution is -2.51. The minimum atomic E-state index is -0.874. The zero-order valence-corrected chi connectivity index (χ0v) is 19.0. The van der Waals surface area contributed by atoms with Gasteiger partial charge in [-0.05, 0) is 50.5 Å². The summed E-state index contributed by atoms with van der Waals surface area (Å²) in [6.07, 6.45) is 4.91. The lowest BCUT2D eigenvalue weighted by atomic mass is 9.63. The number of nitriles is 1. The second-order valence-corrected chi connectivity index (χ2v) is 8.86. The van der Waals surface area contributed by atoms with E-state index < -0.39 is 10.8 Å². The predicted molar refractivity (Wildman–Crippen MR) is 122 cm³/mol. The van der Waals surface area contributed by atoms with Crippen molar-refractivity contribution < 1.29 is 4.79 Å². The third-order valence-electron chi connectivity index (χ3n) is 6.24. The third-order valence-corrected chi connectivity index (χ3v) is 6.49. The van der Waals surface area contributed by atoms with Crippen molar-refractivity contribution in [1.82, 2.24) is 9.88 Å². The van der Waals surface area contributed by atoms with Crippen LogP contribution in [0.3, 0.4) is 0 Å². The van der Waals surface area contributed by atoms with E-state index in [2.05, 4.69) is 10.3 Å². The van der Waals surface area contributed by atoms with Crippen LogP contribution in [0.2, 0.25) is 5.02 Å². The summed E-state index contributed by atoms with van der Waals surface area (Å²) in [6, 6.07) is 13.5. The number of nitrogens with zero attached hydrogens (tertiary/aromatic N) is 3. The van der Waals surface area contributed by atoms with Crippen LogP contribution in [0, 0.1) is 16.7 Å². The van der Waals surface area contributed by atoms with Crippen molar-refractivity contribution in [1.29, 1.82) is 10.7 Å². The van der Waals surface area contributed by atoms with Crippen LogP contribution in [-0.4, -0.2) is 29.9 Å². The Morgan fingerprint density at radius 3 is 2.55 bits per heavy atom. The number of hydrogen-bond acceptors (Lipinski definition) is 4. The van der Waals surface area contributed by atoms with Gasteiger partial charge >= 0.3 is 0 Å². The van der Waals surface area contributed by atoms with Gasteiger partial charge in [0.15, 0.2) is 0 Å². The van der Waals surface area contributed by atoms with Crippen molar-refractivity contribution in [3.8, 4) is 6.07 Å². The molecule has 0 spiro atoms. The lowest BCUT2D eigenvalue weighted by molar-refractivity contribution is -0.125. The van der Waals surface area contributed by atoms with Gasteiger partial charge in [-0.1, -0.05) is 36.2 Å². The number of carbonyl (C=O) groups excluding carboxylic acids is 1. The number of halogens is 1. The number of rotatable bonds is 6. The Bertz CT molecular complexity index is 1090. The highest BCUT2D eigenvalue weighted by atomic mass is 35.5. The minimum absolute atomic E-state index is 0.173. The van der Waals surface area contributed by atoms with Crippen molar-refractivity contribution in [3.63, 3.8) is 0 Å². The molecule has 1 amide bonds. The fourth-order valence-corrected chi connectivity index (χ4v) is 4.29. The first kappa shape index (κ1) is 22.8. The van der Waals surface area contributed by atoms with Gasteiger partial charge in [-0.2, -0.15) is 5.26 Å². The van der Waals surface area contributed by atoms with E-state index in [0.717, 1.165) is 30.4 Å². The van der Waals surface area contributed by atoms with Crippen LogP contribution in [0.25, 0.3) is 0 Å². The second kappa shape index (κ2) is 9.07. The van der Waals surface area contributed by atoms with Crippen molar-refractivity contribution >= 4 is 23.3 Å². The number of carbonyl (C=O) groups is 1. The van der Waals surface area contributed by atoms with Crippen molar-refractivity contribution in [2.24, 2.45) is 4.99 Å². The first-order valence-corrected chi connectivity index (χ1v) is 10.8. The molecular formula is C24H28ClN5O. The molecule has 3 rings (SSSR count). The summed E-state index contributed by atoms with van der Waals surface area (Å²) < 4.78 is 1.80. The van der Waals surface area contributed by atoms with Crippen molar-refractivity contribution in [2.45, 2.75) is 50.4 Å². The number of benzene rings is 1. The van der Waals surface area contributed by atoms with Gasteiger partial charge in [-0.3, -0.25) is 19.8 Å². The molecule has 0 saturated heterocycles. The molecule has 1 fully saturated rings. The Balaban J connectivity index is 2.03. The molecule has 1 aliphatic rings. The summed E-state index contributed by atoms with van der Waals surface area (Å²) in [4.78, 5) is 17.4. The number of aromatic nitrogens is 1. The van der Waals surface area contributed by atoms with Crippen LogP contribution in [0.5, 0.6) is 0 Å². The first-order valence-electron chi connectivity index (χ1n) is 10.4. The molecular weight excluding hydrogens is 410 g/mol.